The highest BCUT2D eigenvalue weighted by molar-refractivity contribution is 7.89. The maximum absolute atomic E-state index is 13.6. The molecule has 2 N–H and O–H groups in total. The lowest BCUT2D eigenvalue weighted by Gasteiger charge is -2.08. The van der Waals surface area contributed by atoms with E-state index in [9.17, 15) is 17.6 Å². The number of carboxylic acids is 1. The van der Waals surface area contributed by atoms with Crippen molar-refractivity contribution in [2.75, 3.05) is 6.54 Å². The molecule has 7 heteroatoms. The number of rotatable bonds is 7. The molecule has 20 heavy (non-hydrogen) atoms. The first-order chi connectivity index (χ1) is 9.40. The van der Waals surface area contributed by atoms with Crippen molar-refractivity contribution in [2.45, 2.75) is 30.6 Å². The summed E-state index contributed by atoms with van der Waals surface area (Å²) in [5.74, 6) is -1.55. The topological polar surface area (TPSA) is 83.5 Å². The van der Waals surface area contributed by atoms with E-state index in [1.54, 1.807) is 0 Å². The first-order valence-corrected chi connectivity index (χ1v) is 7.91. The summed E-state index contributed by atoms with van der Waals surface area (Å²) in [7, 11) is -4.01. The van der Waals surface area contributed by atoms with Crippen LogP contribution in [0, 0.1) is 11.7 Å². The molecule has 1 saturated carbocycles. The summed E-state index contributed by atoms with van der Waals surface area (Å²) in [5, 5.41) is 8.81. The van der Waals surface area contributed by atoms with Crippen LogP contribution in [0.2, 0.25) is 0 Å². The molecule has 0 atom stereocenters. The van der Waals surface area contributed by atoms with Gasteiger partial charge in [-0.3, -0.25) is 0 Å². The molecule has 0 unspecified atom stereocenters. The third-order valence-electron chi connectivity index (χ3n) is 3.25. The van der Waals surface area contributed by atoms with Gasteiger partial charge < -0.3 is 5.11 Å². The number of hydrogen-bond acceptors (Lipinski definition) is 3. The molecule has 1 aromatic carbocycles. The van der Waals surface area contributed by atoms with Crippen molar-refractivity contribution >= 4 is 16.0 Å². The van der Waals surface area contributed by atoms with Crippen LogP contribution in [-0.2, 0) is 10.0 Å². The molecule has 0 radical (unpaired) electrons. The summed E-state index contributed by atoms with van der Waals surface area (Å²) in [4.78, 5) is 10.2. The van der Waals surface area contributed by atoms with Crippen LogP contribution in [0.15, 0.2) is 23.1 Å². The van der Waals surface area contributed by atoms with Crippen LogP contribution in [0.5, 0.6) is 0 Å². The van der Waals surface area contributed by atoms with Gasteiger partial charge in [-0.15, -0.1) is 0 Å². The van der Waals surface area contributed by atoms with E-state index in [-0.39, 0.29) is 12.1 Å². The number of nitrogens with one attached hydrogen (secondary N) is 1. The Labute approximate surface area is 116 Å². The smallest absolute Gasteiger partial charge is 0.335 e. The molecule has 0 spiro atoms. The fourth-order valence-corrected chi connectivity index (χ4v) is 3.10. The van der Waals surface area contributed by atoms with Crippen molar-refractivity contribution in [3.8, 4) is 0 Å². The van der Waals surface area contributed by atoms with E-state index in [0.29, 0.717) is 12.3 Å². The standard InChI is InChI=1S/C13H16FNO4S/c14-11-6-5-10(13(16)17)8-12(11)20(18,19)15-7-1-2-9-3-4-9/h5-6,8-9,15H,1-4,7H2,(H,16,17). The van der Waals surface area contributed by atoms with Crippen LogP contribution in [-0.4, -0.2) is 26.0 Å². The summed E-state index contributed by atoms with van der Waals surface area (Å²) in [5.41, 5.74) is -0.259. The Bertz CT molecular complexity index is 611. The molecule has 2 rings (SSSR count). The average Bonchev–Trinajstić information content (AvgIpc) is 3.18. The fraction of sp³-hybridized carbons (Fsp3) is 0.462. The Morgan fingerprint density at radius 3 is 2.70 bits per heavy atom. The molecule has 0 bridgehead atoms. The van der Waals surface area contributed by atoms with Gasteiger partial charge in [-0.1, -0.05) is 12.8 Å². The van der Waals surface area contributed by atoms with E-state index in [1.807, 2.05) is 0 Å². The summed E-state index contributed by atoms with van der Waals surface area (Å²) in [6, 6.07) is 2.72. The first kappa shape index (κ1) is 14.9. The predicted octanol–water partition coefficient (Wildman–Crippen LogP) is 1.99. The van der Waals surface area contributed by atoms with Crippen LogP contribution in [0.4, 0.5) is 4.39 Å². The van der Waals surface area contributed by atoms with Crippen LogP contribution >= 0.6 is 0 Å². The number of benzene rings is 1. The van der Waals surface area contributed by atoms with E-state index >= 15 is 0 Å². The van der Waals surface area contributed by atoms with Crippen LogP contribution in [0.25, 0.3) is 0 Å². The minimum absolute atomic E-state index is 0.232. The lowest BCUT2D eigenvalue weighted by Crippen LogP contribution is -2.26. The first-order valence-electron chi connectivity index (χ1n) is 6.42. The summed E-state index contributed by atoms with van der Waals surface area (Å²) in [6.45, 7) is 0.232. The molecule has 1 aliphatic rings. The van der Waals surface area contributed by atoms with Crippen molar-refractivity contribution < 1.29 is 22.7 Å². The number of aromatic carboxylic acids is 1. The highest BCUT2D eigenvalue weighted by Gasteiger charge is 2.22. The summed E-state index contributed by atoms with van der Waals surface area (Å²) >= 11 is 0. The number of sulfonamides is 1. The number of halogens is 1. The van der Waals surface area contributed by atoms with Gasteiger partial charge in [0.05, 0.1) is 5.56 Å². The van der Waals surface area contributed by atoms with Gasteiger partial charge in [-0.05, 0) is 37.0 Å². The minimum atomic E-state index is -4.01. The van der Waals surface area contributed by atoms with Crippen LogP contribution < -0.4 is 4.72 Å². The maximum Gasteiger partial charge on any atom is 0.335 e. The van der Waals surface area contributed by atoms with E-state index < -0.39 is 26.7 Å². The molecular weight excluding hydrogens is 285 g/mol. The summed E-state index contributed by atoms with van der Waals surface area (Å²) in [6.07, 6.45) is 4.05. The lowest BCUT2D eigenvalue weighted by atomic mass is 10.2. The molecule has 0 amide bonds. The monoisotopic (exact) mass is 301 g/mol. The van der Waals surface area contributed by atoms with Crippen molar-refractivity contribution in [1.82, 2.24) is 4.72 Å². The number of hydrogen-bond donors (Lipinski definition) is 2. The second-order valence-corrected chi connectivity index (χ2v) is 6.67. The number of carbonyl (C=O) groups is 1. The second-order valence-electron chi connectivity index (χ2n) is 4.93. The Hall–Kier alpha value is -1.47. The molecule has 0 saturated heterocycles. The van der Waals surface area contributed by atoms with Crippen molar-refractivity contribution in [3.63, 3.8) is 0 Å². The molecule has 110 valence electrons. The van der Waals surface area contributed by atoms with Gasteiger partial charge in [0.1, 0.15) is 10.7 Å². The van der Waals surface area contributed by atoms with Crippen LogP contribution in [0.3, 0.4) is 0 Å². The largest absolute Gasteiger partial charge is 0.478 e. The number of carboxylic acid groups (broad SMARTS) is 1. The van der Waals surface area contributed by atoms with Crippen molar-refractivity contribution in [2.24, 2.45) is 5.92 Å². The van der Waals surface area contributed by atoms with Gasteiger partial charge in [-0.2, -0.15) is 0 Å². The normalized spacial score (nSPS) is 15.2. The maximum atomic E-state index is 13.6. The van der Waals surface area contributed by atoms with Gasteiger partial charge in [0.25, 0.3) is 0 Å². The Balaban J connectivity index is 2.06. The Morgan fingerprint density at radius 1 is 1.40 bits per heavy atom. The van der Waals surface area contributed by atoms with Crippen molar-refractivity contribution in [1.29, 1.82) is 0 Å². The zero-order valence-corrected chi connectivity index (χ0v) is 11.6. The summed E-state index contributed by atoms with van der Waals surface area (Å²) < 4.78 is 39.8. The lowest BCUT2D eigenvalue weighted by molar-refractivity contribution is 0.0696. The minimum Gasteiger partial charge on any atom is -0.478 e. The molecule has 0 heterocycles. The quantitative estimate of drug-likeness (QED) is 0.754. The molecule has 0 aliphatic heterocycles. The highest BCUT2D eigenvalue weighted by Crippen LogP contribution is 2.33. The van der Waals surface area contributed by atoms with Crippen LogP contribution in [0.1, 0.15) is 36.0 Å². The molecular formula is C13H16FNO4S. The fourth-order valence-electron chi connectivity index (χ4n) is 1.92. The van der Waals surface area contributed by atoms with Gasteiger partial charge in [0.15, 0.2) is 0 Å². The Morgan fingerprint density at radius 2 is 2.10 bits per heavy atom. The molecule has 0 aromatic heterocycles. The average molecular weight is 301 g/mol. The van der Waals surface area contributed by atoms with Gasteiger partial charge in [-0.25, -0.2) is 22.3 Å². The van der Waals surface area contributed by atoms with E-state index in [2.05, 4.69) is 4.72 Å². The molecule has 1 aliphatic carbocycles. The zero-order chi connectivity index (χ0) is 14.8. The van der Waals surface area contributed by atoms with E-state index in [1.165, 1.54) is 12.8 Å². The van der Waals surface area contributed by atoms with Gasteiger partial charge in [0.2, 0.25) is 10.0 Å². The predicted molar refractivity (Wildman–Crippen MR) is 70.5 cm³/mol. The zero-order valence-electron chi connectivity index (χ0n) is 10.8. The third-order valence-corrected chi connectivity index (χ3v) is 4.72. The van der Waals surface area contributed by atoms with Gasteiger partial charge >= 0.3 is 5.97 Å². The molecule has 5 nitrogen and oxygen atoms in total. The third kappa shape index (κ3) is 3.77. The molecule has 1 aromatic rings. The van der Waals surface area contributed by atoms with E-state index in [0.717, 1.165) is 24.6 Å². The van der Waals surface area contributed by atoms with E-state index in [4.69, 9.17) is 5.11 Å². The SMILES string of the molecule is O=C(O)c1ccc(F)c(S(=O)(=O)NCCCC2CC2)c1. The Kier molecular flexibility index (Phi) is 4.39. The second kappa shape index (κ2) is 5.88. The molecule has 1 fully saturated rings. The highest BCUT2D eigenvalue weighted by atomic mass is 32.2. The van der Waals surface area contributed by atoms with Crippen molar-refractivity contribution in [3.05, 3.63) is 29.6 Å². The van der Waals surface area contributed by atoms with Gasteiger partial charge in [0, 0.05) is 6.54 Å².